The number of aryl methyl sites for hydroxylation is 1. The Kier molecular flexibility index (Phi) is 7.08. The van der Waals surface area contributed by atoms with Crippen LogP contribution in [0.5, 0.6) is 5.75 Å². The standard InChI is InChI=1S/C26H30N4O2S/c1-5-7-16-30-18(4)22(25-28-24(29-32-25)20-10-8-17(3)9-11-20)23(27-26(30)33)19-12-14-21(15-13-19)31-6-2/h8-15,23H,5-7,16H2,1-4H3,(H,27,33). The molecule has 2 heterocycles. The van der Waals surface area contributed by atoms with Gasteiger partial charge in [-0.05, 0) is 57.1 Å². The van der Waals surface area contributed by atoms with Crippen molar-refractivity contribution >= 4 is 22.9 Å². The van der Waals surface area contributed by atoms with Crippen molar-refractivity contribution in [3.8, 4) is 17.1 Å². The van der Waals surface area contributed by atoms with Gasteiger partial charge in [0.25, 0.3) is 5.89 Å². The van der Waals surface area contributed by atoms with Gasteiger partial charge in [-0.3, -0.25) is 0 Å². The van der Waals surface area contributed by atoms with E-state index in [1.807, 2.05) is 43.3 Å². The molecule has 2 aromatic carbocycles. The maximum atomic E-state index is 5.81. The molecular formula is C26H30N4O2S. The number of aromatic nitrogens is 2. The molecular weight excluding hydrogens is 432 g/mol. The van der Waals surface area contributed by atoms with Crippen molar-refractivity contribution in [1.29, 1.82) is 0 Å². The summed E-state index contributed by atoms with van der Waals surface area (Å²) in [6.07, 6.45) is 2.13. The number of hydrogen-bond acceptors (Lipinski definition) is 5. The van der Waals surface area contributed by atoms with Gasteiger partial charge >= 0.3 is 0 Å². The van der Waals surface area contributed by atoms with Gasteiger partial charge in [0.15, 0.2) is 5.11 Å². The second kappa shape index (κ2) is 10.2. The Hall–Kier alpha value is -3.19. The van der Waals surface area contributed by atoms with Crippen LogP contribution in [0.2, 0.25) is 0 Å². The van der Waals surface area contributed by atoms with Crippen LogP contribution in [0.4, 0.5) is 0 Å². The Morgan fingerprint density at radius 1 is 1.06 bits per heavy atom. The summed E-state index contributed by atoms with van der Waals surface area (Å²) in [7, 11) is 0. The van der Waals surface area contributed by atoms with Crippen LogP contribution in [0.25, 0.3) is 17.0 Å². The van der Waals surface area contributed by atoms with Crippen molar-refractivity contribution in [3.63, 3.8) is 0 Å². The molecule has 0 fully saturated rings. The first kappa shape index (κ1) is 23.0. The van der Waals surface area contributed by atoms with E-state index in [4.69, 9.17) is 26.5 Å². The predicted molar refractivity (Wildman–Crippen MR) is 135 cm³/mol. The predicted octanol–water partition coefficient (Wildman–Crippen LogP) is 5.91. The van der Waals surface area contributed by atoms with E-state index in [0.717, 1.165) is 47.5 Å². The van der Waals surface area contributed by atoms with Crippen LogP contribution in [0.15, 0.2) is 58.8 Å². The van der Waals surface area contributed by atoms with E-state index in [0.29, 0.717) is 23.4 Å². The summed E-state index contributed by atoms with van der Waals surface area (Å²) in [5.74, 6) is 1.91. The van der Waals surface area contributed by atoms with Gasteiger partial charge in [0.05, 0.1) is 18.2 Å². The largest absolute Gasteiger partial charge is 0.494 e. The molecule has 1 aromatic heterocycles. The first-order chi connectivity index (χ1) is 16.0. The Labute approximate surface area is 200 Å². The SMILES string of the molecule is CCCCN1C(=S)NC(c2ccc(OCC)cc2)C(c2nc(-c3ccc(C)cc3)no2)=C1C. The van der Waals surface area contributed by atoms with Crippen LogP contribution < -0.4 is 10.1 Å². The smallest absolute Gasteiger partial charge is 0.258 e. The minimum atomic E-state index is -0.197. The van der Waals surface area contributed by atoms with Crippen molar-refractivity contribution in [2.24, 2.45) is 0 Å². The summed E-state index contributed by atoms with van der Waals surface area (Å²) in [6, 6.07) is 16.0. The molecule has 1 unspecified atom stereocenters. The van der Waals surface area contributed by atoms with Gasteiger partial charge in [0.2, 0.25) is 5.82 Å². The van der Waals surface area contributed by atoms with Crippen LogP contribution in [0.3, 0.4) is 0 Å². The van der Waals surface area contributed by atoms with Crippen LogP contribution >= 0.6 is 12.2 Å². The number of benzene rings is 2. The van der Waals surface area contributed by atoms with Gasteiger partial charge in [0, 0.05) is 17.8 Å². The van der Waals surface area contributed by atoms with Gasteiger partial charge in [0.1, 0.15) is 5.75 Å². The number of allylic oxidation sites excluding steroid dienone is 1. The number of unbranched alkanes of at least 4 members (excludes halogenated alkanes) is 1. The Morgan fingerprint density at radius 2 is 1.79 bits per heavy atom. The van der Waals surface area contributed by atoms with Crippen molar-refractivity contribution in [2.45, 2.75) is 46.6 Å². The second-order valence-corrected chi connectivity index (χ2v) is 8.56. The van der Waals surface area contributed by atoms with Crippen molar-refractivity contribution in [2.75, 3.05) is 13.2 Å². The number of rotatable bonds is 8. The molecule has 1 N–H and O–H groups in total. The molecule has 1 aliphatic heterocycles. The molecule has 4 rings (SSSR count). The van der Waals surface area contributed by atoms with Crippen molar-refractivity contribution in [1.82, 2.24) is 20.4 Å². The lowest BCUT2D eigenvalue weighted by Crippen LogP contribution is -2.46. The van der Waals surface area contributed by atoms with E-state index < -0.39 is 0 Å². The third kappa shape index (κ3) is 4.93. The zero-order chi connectivity index (χ0) is 23.4. The highest BCUT2D eigenvalue weighted by Gasteiger charge is 2.33. The Bertz CT molecular complexity index is 1140. The average molecular weight is 463 g/mol. The lowest BCUT2D eigenvalue weighted by molar-refractivity contribution is 0.340. The molecule has 0 radical (unpaired) electrons. The summed E-state index contributed by atoms with van der Waals surface area (Å²) in [4.78, 5) is 6.91. The van der Waals surface area contributed by atoms with Crippen molar-refractivity contribution in [3.05, 3.63) is 71.2 Å². The van der Waals surface area contributed by atoms with E-state index in [1.54, 1.807) is 0 Å². The van der Waals surface area contributed by atoms with E-state index in [-0.39, 0.29) is 6.04 Å². The number of nitrogens with zero attached hydrogens (tertiary/aromatic N) is 3. The lowest BCUT2D eigenvalue weighted by Gasteiger charge is -2.37. The fraction of sp³-hybridized carbons (Fsp3) is 0.346. The topological polar surface area (TPSA) is 63.4 Å². The molecule has 0 bridgehead atoms. The highest BCUT2D eigenvalue weighted by atomic mass is 32.1. The second-order valence-electron chi connectivity index (χ2n) is 8.18. The molecule has 172 valence electrons. The highest BCUT2D eigenvalue weighted by molar-refractivity contribution is 7.80. The van der Waals surface area contributed by atoms with E-state index >= 15 is 0 Å². The molecule has 7 heteroatoms. The number of nitrogens with one attached hydrogen (secondary N) is 1. The van der Waals surface area contributed by atoms with Gasteiger partial charge in [-0.2, -0.15) is 4.98 Å². The normalized spacial score (nSPS) is 16.2. The Balaban J connectivity index is 1.75. The summed E-state index contributed by atoms with van der Waals surface area (Å²) >= 11 is 5.75. The van der Waals surface area contributed by atoms with Gasteiger partial charge in [-0.25, -0.2) is 0 Å². The van der Waals surface area contributed by atoms with E-state index in [9.17, 15) is 0 Å². The molecule has 0 saturated heterocycles. The third-order valence-corrected chi connectivity index (χ3v) is 6.16. The van der Waals surface area contributed by atoms with Gasteiger partial charge in [-0.15, -0.1) is 0 Å². The quantitative estimate of drug-likeness (QED) is 0.418. The maximum absolute atomic E-state index is 5.81. The van der Waals surface area contributed by atoms with E-state index in [2.05, 4.69) is 48.3 Å². The van der Waals surface area contributed by atoms with Crippen LogP contribution in [0.1, 0.15) is 56.7 Å². The molecule has 3 aromatic rings. The molecule has 1 atom stereocenters. The molecule has 6 nitrogen and oxygen atoms in total. The maximum Gasteiger partial charge on any atom is 0.258 e. The zero-order valence-corrected chi connectivity index (χ0v) is 20.4. The molecule has 0 spiro atoms. The van der Waals surface area contributed by atoms with Gasteiger partial charge in [-0.1, -0.05) is 60.5 Å². The van der Waals surface area contributed by atoms with E-state index in [1.165, 1.54) is 5.56 Å². The number of ether oxygens (including phenoxy) is 1. The molecule has 0 amide bonds. The molecule has 1 aliphatic rings. The lowest BCUT2D eigenvalue weighted by atomic mass is 9.94. The molecule has 0 aliphatic carbocycles. The first-order valence-corrected chi connectivity index (χ1v) is 11.8. The monoisotopic (exact) mass is 462 g/mol. The summed E-state index contributed by atoms with van der Waals surface area (Å²) in [5, 5.41) is 8.50. The minimum Gasteiger partial charge on any atom is -0.494 e. The molecule has 0 saturated carbocycles. The fourth-order valence-electron chi connectivity index (χ4n) is 3.97. The number of hydrogen-bond donors (Lipinski definition) is 1. The average Bonchev–Trinajstić information content (AvgIpc) is 3.29. The first-order valence-electron chi connectivity index (χ1n) is 11.4. The fourth-order valence-corrected chi connectivity index (χ4v) is 4.32. The van der Waals surface area contributed by atoms with Crippen LogP contribution in [0, 0.1) is 6.92 Å². The molecule has 33 heavy (non-hydrogen) atoms. The van der Waals surface area contributed by atoms with Crippen molar-refractivity contribution < 1.29 is 9.26 Å². The van der Waals surface area contributed by atoms with Gasteiger partial charge < -0.3 is 19.5 Å². The zero-order valence-electron chi connectivity index (χ0n) is 19.6. The van der Waals surface area contributed by atoms with Crippen LogP contribution in [-0.2, 0) is 0 Å². The summed E-state index contributed by atoms with van der Waals surface area (Å²) in [5.41, 5.74) is 5.14. The highest BCUT2D eigenvalue weighted by Crippen LogP contribution is 2.38. The summed E-state index contributed by atoms with van der Waals surface area (Å²) in [6.45, 7) is 9.76. The Morgan fingerprint density at radius 3 is 2.45 bits per heavy atom. The summed E-state index contributed by atoms with van der Waals surface area (Å²) < 4.78 is 11.4. The van der Waals surface area contributed by atoms with Crippen LogP contribution in [-0.4, -0.2) is 33.3 Å². The number of thiocarbonyl (C=S) groups is 1. The third-order valence-electron chi connectivity index (χ3n) is 5.82. The minimum absolute atomic E-state index is 0.197.